The van der Waals surface area contributed by atoms with Crippen molar-refractivity contribution in [2.45, 2.75) is 92.4 Å². The molecule has 3 saturated heterocycles. The van der Waals surface area contributed by atoms with Crippen LogP contribution in [0.2, 0.25) is 0 Å². The number of esters is 1. The average molecular weight is 529 g/mol. The van der Waals surface area contributed by atoms with Crippen molar-refractivity contribution < 1.29 is 73.7 Å². The highest BCUT2D eigenvalue weighted by molar-refractivity contribution is 5.75. The summed E-state index contributed by atoms with van der Waals surface area (Å²) in [6.07, 6.45) is -18.7. The predicted molar refractivity (Wildman–Crippen MR) is 112 cm³/mol. The largest absolute Gasteiger partial charge is 0.467 e. The van der Waals surface area contributed by atoms with Crippen molar-refractivity contribution in [3.63, 3.8) is 0 Å². The van der Waals surface area contributed by atoms with Gasteiger partial charge in [0.25, 0.3) is 0 Å². The van der Waals surface area contributed by atoms with Crippen LogP contribution in [0.1, 0.15) is 6.42 Å². The number of carbonyl (C=O) groups excluding carboxylic acids is 1. The average Bonchev–Trinajstić information content (AvgIpc) is 2.87. The van der Waals surface area contributed by atoms with Crippen LogP contribution in [-0.2, 0) is 38.0 Å². The van der Waals surface area contributed by atoms with Gasteiger partial charge >= 0.3 is 5.97 Å². The quantitative estimate of drug-likeness (QED) is 0.136. The van der Waals surface area contributed by atoms with Gasteiger partial charge in [-0.15, -0.1) is 0 Å². The summed E-state index contributed by atoms with van der Waals surface area (Å²) in [6, 6.07) is -1.36. The molecular weight excluding hydrogens is 494 g/mol. The molecule has 0 saturated carbocycles. The summed E-state index contributed by atoms with van der Waals surface area (Å²) in [5.74, 6) is -0.952. The summed E-state index contributed by atoms with van der Waals surface area (Å²) in [5, 5.41) is 70.7. The molecule has 0 aromatic heterocycles. The van der Waals surface area contributed by atoms with Gasteiger partial charge in [-0.3, -0.25) is 0 Å². The third kappa shape index (κ3) is 6.13. The van der Waals surface area contributed by atoms with Crippen molar-refractivity contribution in [2.24, 2.45) is 5.73 Å². The Kier molecular flexibility index (Phi) is 10.3. The van der Waals surface area contributed by atoms with Crippen molar-refractivity contribution in [3.8, 4) is 0 Å². The lowest BCUT2D eigenvalue weighted by Crippen LogP contribution is -2.67. The minimum Gasteiger partial charge on any atom is -0.467 e. The van der Waals surface area contributed by atoms with Gasteiger partial charge in [0.05, 0.1) is 32.5 Å². The van der Waals surface area contributed by atoms with Gasteiger partial charge in [-0.05, 0) is 0 Å². The van der Waals surface area contributed by atoms with Gasteiger partial charge in [-0.1, -0.05) is 0 Å². The summed E-state index contributed by atoms with van der Waals surface area (Å²) >= 11 is 0. The smallest absolute Gasteiger partial charge is 0.337 e. The van der Waals surface area contributed by atoms with Gasteiger partial charge in [0, 0.05) is 13.5 Å². The molecule has 5 unspecified atom stereocenters. The predicted octanol–water partition coefficient (Wildman–Crippen LogP) is -5.74. The van der Waals surface area contributed by atoms with Crippen LogP contribution in [0.25, 0.3) is 0 Å². The van der Waals surface area contributed by atoms with E-state index in [9.17, 15) is 40.5 Å². The second kappa shape index (κ2) is 12.6. The first-order valence-corrected chi connectivity index (χ1v) is 11.3. The second-order valence-corrected chi connectivity index (χ2v) is 8.78. The summed E-state index contributed by atoms with van der Waals surface area (Å²) in [6.45, 7) is -0.984. The zero-order chi connectivity index (χ0) is 26.7. The topological polar surface area (TPSA) is 249 Å². The third-order valence-corrected chi connectivity index (χ3v) is 6.41. The van der Waals surface area contributed by atoms with E-state index in [-0.39, 0.29) is 6.42 Å². The van der Waals surface area contributed by atoms with Crippen LogP contribution >= 0.6 is 0 Å². The number of carbonyl (C=O) groups is 1. The molecule has 210 valence electrons. The molecule has 0 spiro atoms. The Labute approximate surface area is 206 Å². The molecular formula is C20H35NO15. The minimum absolute atomic E-state index is 0.145. The maximum absolute atomic E-state index is 12.2. The molecule has 0 aromatic rings. The Morgan fingerprint density at radius 2 is 1.58 bits per heavy atom. The first-order valence-electron chi connectivity index (χ1n) is 11.3. The zero-order valence-corrected chi connectivity index (χ0v) is 19.7. The van der Waals surface area contributed by atoms with Crippen LogP contribution < -0.4 is 5.73 Å². The Morgan fingerprint density at radius 3 is 2.19 bits per heavy atom. The van der Waals surface area contributed by atoms with Gasteiger partial charge in [0.15, 0.2) is 25.0 Å². The van der Waals surface area contributed by atoms with E-state index in [1.165, 1.54) is 7.11 Å². The summed E-state index contributed by atoms with van der Waals surface area (Å²) < 4.78 is 37.1. The number of ether oxygens (including phenoxy) is 7. The first kappa shape index (κ1) is 29.5. The van der Waals surface area contributed by atoms with Crippen LogP contribution in [-0.4, -0.2) is 155 Å². The van der Waals surface area contributed by atoms with E-state index < -0.39 is 105 Å². The molecule has 3 rings (SSSR count). The molecule has 0 amide bonds. The lowest BCUT2D eigenvalue weighted by Gasteiger charge is -2.46. The van der Waals surface area contributed by atoms with Crippen LogP contribution in [0.5, 0.6) is 0 Å². The summed E-state index contributed by atoms with van der Waals surface area (Å²) in [4.78, 5) is 12.2. The monoisotopic (exact) mass is 529 g/mol. The number of hydrogen-bond donors (Lipinski definition) is 8. The highest BCUT2D eigenvalue weighted by Crippen LogP contribution is 2.30. The van der Waals surface area contributed by atoms with E-state index in [0.29, 0.717) is 0 Å². The third-order valence-electron chi connectivity index (χ3n) is 6.41. The van der Waals surface area contributed by atoms with Gasteiger partial charge < -0.3 is 74.6 Å². The second-order valence-electron chi connectivity index (χ2n) is 8.78. The molecule has 0 aliphatic carbocycles. The Bertz CT molecular complexity index is 717. The van der Waals surface area contributed by atoms with Crippen LogP contribution in [0, 0.1) is 0 Å². The fraction of sp³-hybridized carbons (Fsp3) is 0.950. The van der Waals surface area contributed by atoms with Crippen molar-refractivity contribution in [2.75, 3.05) is 27.4 Å². The molecule has 3 fully saturated rings. The normalized spacial score (nSPS) is 47.9. The van der Waals surface area contributed by atoms with E-state index in [4.69, 9.17) is 34.2 Å². The lowest BCUT2D eigenvalue weighted by molar-refractivity contribution is -0.341. The van der Waals surface area contributed by atoms with E-state index in [1.54, 1.807) is 0 Å². The summed E-state index contributed by atoms with van der Waals surface area (Å²) in [5.41, 5.74) is 5.95. The lowest BCUT2D eigenvalue weighted by atomic mass is 9.96. The minimum atomic E-state index is -1.72. The van der Waals surface area contributed by atoms with Crippen molar-refractivity contribution in [1.82, 2.24) is 0 Å². The van der Waals surface area contributed by atoms with Crippen LogP contribution in [0.3, 0.4) is 0 Å². The maximum Gasteiger partial charge on any atom is 0.337 e. The number of nitrogens with two attached hydrogens (primary N) is 1. The van der Waals surface area contributed by atoms with Gasteiger partial charge in [0.1, 0.15) is 48.8 Å². The number of aliphatic hydroxyl groups excluding tert-OH is 7. The van der Waals surface area contributed by atoms with Gasteiger partial charge in [-0.25, -0.2) is 4.79 Å². The highest BCUT2D eigenvalue weighted by Gasteiger charge is 2.53. The molecule has 16 nitrogen and oxygen atoms in total. The maximum atomic E-state index is 12.2. The zero-order valence-electron chi connectivity index (χ0n) is 19.7. The van der Waals surface area contributed by atoms with E-state index in [2.05, 4.69) is 4.74 Å². The number of rotatable bonds is 8. The van der Waals surface area contributed by atoms with Crippen LogP contribution in [0.15, 0.2) is 0 Å². The fourth-order valence-corrected chi connectivity index (χ4v) is 4.23. The number of methoxy groups -OCH3 is 2. The highest BCUT2D eigenvalue weighted by atomic mass is 16.7. The molecule has 36 heavy (non-hydrogen) atoms. The molecule has 0 bridgehead atoms. The number of hydrogen-bond acceptors (Lipinski definition) is 16. The molecule has 3 aliphatic rings. The first-order chi connectivity index (χ1) is 17.0. The van der Waals surface area contributed by atoms with Gasteiger partial charge in [-0.2, -0.15) is 0 Å². The van der Waals surface area contributed by atoms with Crippen molar-refractivity contribution >= 4 is 5.97 Å². The standard InChI is InChI=1S/C20H35NO15/c1-30-18(29)17-16(14(27)15(28)20(31-2)36-17)35-19-10(21)13(26)12(25)8(34-19)5-32-9-3-6(23)11(24)7(4-22)33-9/h6-17,19-20,22-28H,3-5,21H2,1-2H3/t6-,7?,8?,9+,10?,11-,12-,13-,14-,15?,16+,17?,19-,20+/m1/s1. The Morgan fingerprint density at radius 1 is 0.889 bits per heavy atom. The van der Waals surface area contributed by atoms with E-state index in [0.717, 1.165) is 7.11 Å². The van der Waals surface area contributed by atoms with Gasteiger partial charge in [0.2, 0.25) is 0 Å². The van der Waals surface area contributed by atoms with Crippen LogP contribution in [0.4, 0.5) is 0 Å². The SMILES string of the molecule is COC(=O)C1O[C@H](OC)C(O)[C@@H](O)[C@@H]1O[C@H]1OC(CO[C@@H]2C[C@@H](O)[C@@H](O)C(CO)O2)[C@@H](O)[C@H](O)C1N. The Balaban J connectivity index is 1.69. The van der Waals surface area contributed by atoms with Crippen molar-refractivity contribution in [1.29, 1.82) is 0 Å². The molecule has 0 radical (unpaired) electrons. The molecule has 0 aromatic carbocycles. The number of aliphatic hydroxyl groups is 7. The Hall–Kier alpha value is -1.09. The summed E-state index contributed by atoms with van der Waals surface area (Å²) in [7, 11) is 2.26. The van der Waals surface area contributed by atoms with E-state index in [1.807, 2.05) is 0 Å². The molecule has 16 heteroatoms. The molecule has 9 N–H and O–H groups in total. The van der Waals surface area contributed by atoms with Crippen molar-refractivity contribution in [3.05, 3.63) is 0 Å². The molecule has 14 atom stereocenters. The molecule has 3 heterocycles. The molecule has 3 aliphatic heterocycles. The fourth-order valence-electron chi connectivity index (χ4n) is 4.23. The van der Waals surface area contributed by atoms with E-state index >= 15 is 0 Å².